The average Bonchev–Trinajstić information content (AvgIpc) is 2.91. The first-order chi connectivity index (χ1) is 11.2. The lowest BCUT2D eigenvalue weighted by Gasteiger charge is -2.31. The zero-order chi connectivity index (χ0) is 16.2. The lowest BCUT2D eigenvalue weighted by molar-refractivity contribution is -0.138. The first-order valence-electron chi connectivity index (χ1n) is 8.21. The zero-order valence-corrected chi connectivity index (χ0v) is 13.8. The molecule has 0 unspecified atom stereocenters. The molecule has 1 aromatic carbocycles. The van der Waals surface area contributed by atoms with Gasteiger partial charge < -0.3 is 14.6 Å². The molecule has 6 heteroatoms. The van der Waals surface area contributed by atoms with Crippen molar-refractivity contribution in [1.82, 2.24) is 19.8 Å². The molecule has 1 aliphatic heterocycles. The van der Waals surface area contributed by atoms with Gasteiger partial charge in [0.05, 0.1) is 17.6 Å². The molecule has 0 spiro atoms. The summed E-state index contributed by atoms with van der Waals surface area (Å²) in [7, 11) is 2.01. The van der Waals surface area contributed by atoms with Crippen molar-refractivity contribution in [2.45, 2.75) is 19.4 Å². The van der Waals surface area contributed by atoms with Crippen LogP contribution < -0.4 is 5.32 Å². The number of hydrogen-bond acceptors (Lipinski definition) is 4. The van der Waals surface area contributed by atoms with Crippen LogP contribution in [0.3, 0.4) is 0 Å². The van der Waals surface area contributed by atoms with E-state index < -0.39 is 0 Å². The molecule has 3 rings (SSSR count). The molecule has 23 heavy (non-hydrogen) atoms. The fraction of sp³-hybridized carbons (Fsp3) is 0.529. The smallest absolute Gasteiger partial charge is 0.250 e. The van der Waals surface area contributed by atoms with E-state index in [0.29, 0.717) is 26.1 Å². The Morgan fingerprint density at radius 2 is 2.26 bits per heavy atom. The number of aromatic nitrogens is 2. The molecule has 0 saturated carbocycles. The van der Waals surface area contributed by atoms with E-state index in [9.17, 15) is 4.79 Å². The van der Waals surface area contributed by atoms with E-state index in [0.717, 1.165) is 29.9 Å². The number of nitrogens with zero attached hydrogens (tertiary/aromatic N) is 3. The summed E-state index contributed by atoms with van der Waals surface area (Å²) in [5, 5.41) is 2.97. The van der Waals surface area contributed by atoms with Crippen molar-refractivity contribution in [1.29, 1.82) is 0 Å². The summed E-state index contributed by atoms with van der Waals surface area (Å²) in [5.41, 5.74) is 2.11. The molecular weight excluding hydrogens is 292 g/mol. The van der Waals surface area contributed by atoms with Crippen molar-refractivity contribution in [3.63, 3.8) is 0 Å². The predicted molar refractivity (Wildman–Crippen MR) is 89.3 cm³/mol. The second-order valence-electron chi connectivity index (χ2n) is 5.87. The number of carbonyl (C=O) groups excluding carboxylic acids is 1. The van der Waals surface area contributed by atoms with Gasteiger partial charge in [0.2, 0.25) is 5.91 Å². The summed E-state index contributed by atoms with van der Waals surface area (Å²) in [4.78, 5) is 19.1. The fourth-order valence-corrected chi connectivity index (χ4v) is 2.98. The van der Waals surface area contributed by atoms with Gasteiger partial charge in [0.15, 0.2) is 0 Å². The van der Waals surface area contributed by atoms with Gasteiger partial charge in [0.1, 0.15) is 11.9 Å². The Kier molecular flexibility index (Phi) is 4.93. The normalized spacial score (nSPS) is 19.1. The second kappa shape index (κ2) is 7.10. The number of nitrogens with one attached hydrogen (secondary N) is 1. The monoisotopic (exact) mass is 316 g/mol. The Morgan fingerprint density at radius 1 is 1.43 bits per heavy atom. The van der Waals surface area contributed by atoms with E-state index >= 15 is 0 Å². The van der Waals surface area contributed by atoms with Gasteiger partial charge in [0.25, 0.3) is 0 Å². The number of aryl methyl sites for hydroxylation is 1. The van der Waals surface area contributed by atoms with Gasteiger partial charge in [-0.3, -0.25) is 9.69 Å². The van der Waals surface area contributed by atoms with E-state index in [4.69, 9.17) is 4.74 Å². The highest BCUT2D eigenvalue weighted by atomic mass is 16.5. The predicted octanol–water partition coefficient (Wildman–Crippen LogP) is 0.953. The van der Waals surface area contributed by atoms with Crippen LogP contribution in [0.15, 0.2) is 24.3 Å². The molecule has 1 aromatic heterocycles. The van der Waals surface area contributed by atoms with E-state index in [2.05, 4.69) is 32.8 Å². The Morgan fingerprint density at radius 3 is 3.04 bits per heavy atom. The number of rotatable bonds is 5. The van der Waals surface area contributed by atoms with E-state index in [-0.39, 0.29) is 12.0 Å². The Balaban J connectivity index is 1.54. The van der Waals surface area contributed by atoms with Gasteiger partial charge in [-0.1, -0.05) is 19.1 Å². The molecule has 1 saturated heterocycles. The Hall–Kier alpha value is -1.92. The highest BCUT2D eigenvalue weighted by molar-refractivity contribution is 5.81. The molecule has 1 amide bonds. The maximum absolute atomic E-state index is 12.2. The largest absolute Gasteiger partial charge is 0.366 e. The van der Waals surface area contributed by atoms with Crippen molar-refractivity contribution in [3.8, 4) is 0 Å². The topological polar surface area (TPSA) is 59.4 Å². The third-order valence-electron chi connectivity index (χ3n) is 4.42. The van der Waals surface area contributed by atoms with Crippen LogP contribution in [0.5, 0.6) is 0 Å². The summed E-state index contributed by atoms with van der Waals surface area (Å²) in [5.74, 6) is 0.952. The number of fused-ring (bicyclic) bond motifs is 1. The number of hydrogen-bond donors (Lipinski definition) is 1. The van der Waals surface area contributed by atoms with Crippen LogP contribution >= 0.6 is 0 Å². The van der Waals surface area contributed by atoms with Crippen LogP contribution in [0.1, 0.15) is 12.7 Å². The highest BCUT2D eigenvalue weighted by Gasteiger charge is 2.25. The zero-order valence-electron chi connectivity index (χ0n) is 13.8. The molecule has 2 aromatic rings. The number of benzene rings is 1. The first-order valence-corrected chi connectivity index (χ1v) is 8.21. The van der Waals surface area contributed by atoms with Gasteiger partial charge in [-0.25, -0.2) is 4.98 Å². The molecule has 1 atom stereocenters. The van der Waals surface area contributed by atoms with E-state index in [1.165, 1.54) is 0 Å². The van der Waals surface area contributed by atoms with Gasteiger partial charge >= 0.3 is 0 Å². The highest BCUT2D eigenvalue weighted by Crippen LogP contribution is 2.14. The number of ether oxygens (including phenoxy) is 1. The van der Waals surface area contributed by atoms with Gasteiger partial charge in [-0.2, -0.15) is 0 Å². The molecule has 1 aliphatic rings. The summed E-state index contributed by atoms with van der Waals surface area (Å²) in [6.45, 7) is 5.83. The van der Waals surface area contributed by atoms with Crippen molar-refractivity contribution in [2.24, 2.45) is 7.05 Å². The van der Waals surface area contributed by atoms with Gasteiger partial charge in [0, 0.05) is 33.1 Å². The maximum Gasteiger partial charge on any atom is 0.250 e. The number of likely N-dealkylation sites (N-methyl/N-ethyl adjacent to an activating group) is 1. The molecule has 0 radical (unpaired) electrons. The minimum absolute atomic E-state index is 0.0260. The molecular formula is C17H24N4O2. The third-order valence-corrected chi connectivity index (χ3v) is 4.42. The number of morpholine rings is 1. The summed E-state index contributed by atoms with van der Waals surface area (Å²) in [6, 6.07) is 8.06. The number of amides is 1. The molecule has 0 aliphatic carbocycles. The fourth-order valence-electron chi connectivity index (χ4n) is 2.98. The summed E-state index contributed by atoms with van der Waals surface area (Å²) in [6.07, 6.45) is 0.352. The number of imidazole rings is 1. The lowest BCUT2D eigenvalue weighted by Crippen LogP contribution is -2.50. The average molecular weight is 316 g/mol. The number of para-hydroxylation sites is 2. The van der Waals surface area contributed by atoms with Crippen molar-refractivity contribution in [2.75, 3.05) is 32.8 Å². The lowest BCUT2D eigenvalue weighted by atomic mass is 10.2. The van der Waals surface area contributed by atoms with Crippen LogP contribution in [0.25, 0.3) is 11.0 Å². The third kappa shape index (κ3) is 3.54. The minimum atomic E-state index is -0.357. The molecule has 124 valence electrons. The minimum Gasteiger partial charge on any atom is -0.366 e. The van der Waals surface area contributed by atoms with Gasteiger partial charge in [-0.05, 0) is 18.7 Å². The second-order valence-corrected chi connectivity index (χ2v) is 5.87. The van der Waals surface area contributed by atoms with Crippen LogP contribution in [0.2, 0.25) is 0 Å². The molecule has 1 fully saturated rings. The Bertz CT molecular complexity index is 682. The van der Waals surface area contributed by atoms with E-state index in [1.54, 1.807) is 0 Å². The van der Waals surface area contributed by atoms with E-state index in [1.807, 2.05) is 25.2 Å². The van der Waals surface area contributed by atoms with Crippen LogP contribution in [-0.4, -0.2) is 59.2 Å². The van der Waals surface area contributed by atoms with Crippen molar-refractivity contribution < 1.29 is 9.53 Å². The molecule has 1 N–H and O–H groups in total. The quantitative estimate of drug-likeness (QED) is 0.892. The Labute approximate surface area is 136 Å². The summed E-state index contributed by atoms with van der Waals surface area (Å²) < 4.78 is 7.65. The van der Waals surface area contributed by atoms with Gasteiger partial charge in [-0.15, -0.1) is 0 Å². The van der Waals surface area contributed by atoms with Crippen LogP contribution in [0.4, 0.5) is 0 Å². The standard InChI is InChI=1S/C17H24N4O2/c1-3-21-10-11-23-15(12-21)17(22)18-9-8-16-19-13-6-4-5-7-14(13)20(16)2/h4-7,15H,3,8-12H2,1-2H3,(H,18,22)/t15-/m0/s1. The number of carbonyl (C=O) groups is 1. The van der Waals surface area contributed by atoms with Crippen molar-refractivity contribution in [3.05, 3.63) is 30.1 Å². The summed E-state index contributed by atoms with van der Waals surface area (Å²) >= 11 is 0. The SMILES string of the molecule is CCN1CCO[C@H](C(=O)NCCc2nc3ccccc3n2C)C1. The van der Waals surface area contributed by atoms with Crippen LogP contribution in [0, 0.1) is 0 Å². The van der Waals surface area contributed by atoms with Crippen LogP contribution in [-0.2, 0) is 23.0 Å². The molecule has 6 nitrogen and oxygen atoms in total. The molecule has 2 heterocycles. The first kappa shape index (κ1) is 16.0. The van der Waals surface area contributed by atoms with Crippen molar-refractivity contribution >= 4 is 16.9 Å². The maximum atomic E-state index is 12.2. The molecule has 0 bridgehead atoms.